The fraction of sp³-hybridized carbons (Fsp3) is 0.217. The maximum absolute atomic E-state index is 6.17. The van der Waals surface area contributed by atoms with Gasteiger partial charge in [0, 0.05) is 48.1 Å². The lowest BCUT2D eigenvalue weighted by Gasteiger charge is -2.34. The van der Waals surface area contributed by atoms with E-state index in [2.05, 4.69) is 56.5 Å². The van der Waals surface area contributed by atoms with E-state index in [0.29, 0.717) is 11.0 Å². The fourth-order valence-corrected chi connectivity index (χ4v) is 3.96. The normalized spacial score (nSPS) is 14.9. The first-order chi connectivity index (χ1) is 14.7. The smallest absolute Gasteiger partial charge is 0.247 e. The number of halogens is 1. The van der Waals surface area contributed by atoms with E-state index in [0.717, 1.165) is 48.8 Å². The van der Waals surface area contributed by atoms with Gasteiger partial charge in [-0.25, -0.2) is 4.52 Å². The number of fused-ring (bicyclic) bond motifs is 1. The Bertz CT molecular complexity index is 1160. The molecule has 1 N–H and O–H groups in total. The summed E-state index contributed by atoms with van der Waals surface area (Å²) in [6.07, 6.45) is 0. The van der Waals surface area contributed by atoms with Gasteiger partial charge in [-0.05, 0) is 55.6 Å². The van der Waals surface area contributed by atoms with Gasteiger partial charge in [-0.3, -0.25) is 0 Å². The van der Waals surface area contributed by atoms with Crippen LogP contribution in [0.15, 0.2) is 66.7 Å². The van der Waals surface area contributed by atoms with E-state index in [1.807, 2.05) is 47.0 Å². The highest BCUT2D eigenvalue weighted by Crippen LogP contribution is 2.25. The van der Waals surface area contributed by atoms with E-state index < -0.39 is 0 Å². The highest BCUT2D eigenvalue weighted by molar-refractivity contribution is 6.30. The lowest BCUT2D eigenvalue weighted by atomic mass is 10.1. The molecule has 1 saturated heterocycles. The number of nitrogens with one attached hydrogen (secondary N) is 1. The summed E-state index contributed by atoms with van der Waals surface area (Å²) in [5, 5.41) is 8.69. The molecule has 3 heterocycles. The second kappa shape index (κ2) is 7.97. The molecule has 4 aromatic rings. The van der Waals surface area contributed by atoms with E-state index in [4.69, 9.17) is 11.6 Å². The van der Waals surface area contributed by atoms with E-state index >= 15 is 0 Å². The van der Waals surface area contributed by atoms with Gasteiger partial charge in [0.15, 0.2) is 5.65 Å². The molecule has 0 unspecified atom stereocenters. The number of anilines is 3. The fourth-order valence-electron chi connectivity index (χ4n) is 3.77. The zero-order chi connectivity index (χ0) is 20.5. The molecule has 1 aliphatic rings. The largest absolute Gasteiger partial charge is 0.369 e. The summed E-state index contributed by atoms with van der Waals surface area (Å²) < 4.78 is 1.84. The van der Waals surface area contributed by atoms with Crippen molar-refractivity contribution in [3.8, 4) is 11.3 Å². The highest BCUT2D eigenvalue weighted by Gasteiger charge is 2.14. The third kappa shape index (κ3) is 3.84. The van der Waals surface area contributed by atoms with Crippen LogP contribution < -0.4 is 10.2 Å². The number of likely N-dealkylation sites (N-methyl/N-ethyl adjacent to an activating group) is 1. The summed E-state index contributed by atoms with van der Waals surface area (Å²) >= 11 is 6.17. The van der Waals surface area contributed by atoms with Gasteiger partial charge < -0.3 is 15.1 Å². The first-order valence-corrected chi connectivity index (χ1v) is 10.5. The third-order valence-corrected chi connectivity index (χ3v) is 5.71. The second-order valence-electron chi connectivity index (χ2n) is 7.59. The van der Waals surface area contributed by atoms with Crippen molar-refractivity contribution < 1.29 is 0 Å². The zero-order valence-electron chi connectivity index (χ0n) is 16.8. The maximum Gasteiger partial charge on any atom is 0.247 e. The number of pyridine rings is 1. The van der Waals surface area contributed by atoms with E-state index in [1.165, 1.54) is 5.69 Å². The lowest BCUT2D eigenvalue weighted by Crippen LogP contribution is -2.44. The number of hydrogen-bond donors (Lipinski definition) is 1. The molecule has 1 fully saturated rings. The predicted octanol–water partition coefficient (Wildman–Crippen LogP) is 4.55. The van der Waals surface area contributed by atoms with Gasteiger partial charge in [-0.2, -0.15) is 4.98 Å². The summed E-state index contributed by atoms with van der Waals surface area (Å²) in [4.78, 5) is 9.41. The van der Waals surface area contributed by atoms with Crippen LogP contribution in [0.25, 0.3) is 16.9 Å². The van der Waals surface area contributed by atoms with Crippen LogP contribution in [-0.2, 0) is 0 Å². The Morgan fingerprint density at radius 3 is 2.43 bits per heavy atom. The van der Waals surface area contributed by atoms with Crippen LogP contribution in [-0.4, -0.2) is 52.7 Å². The zero-order valence-corrected chi connectivity index (χ0v) is 17.5. The lowest BCUT2D eigenvalue weighted by molar-refractivity contribution is 0.313. The van der Waals surface area contributed by atoms with Crippen molar-refractivity contribution >= 4 is 34.6 Å². The van der Waals surface area contributed by atoms with E-state index in [-0.39, 0.29) is 0 Å². The molecule has 0 amide bonds. The molecule has 5 rings (SSSR count). The molecule has 0 bridgehead atoms. The number of nitrogens with zero attached hydrogens (tertiary/aromatic N) is 5. The molecule has 0 aliphatic carbocycles. The summed E-state index contributed by atoms with van der Waals surface area (Å²) in [5.41, 5.74) is 4.94. The van der Waals surface area contributed by atoms with Gasteiger partial charge in [-0.1, -0.05) is 29.8 Å². The minimum Gasteiger partial charge on any atom is -0.369 e. The number of benzene rings is 2. The van der Waals surface area contributed by atoms with Crippen molar-refractivity contribution in [3.63, 3.8) is 0 Å². The average Bonchev–Trinajstić information content (AvgIpc) is 3.17. The first-order valence-electron chi connectivity index (χ1n) is 10.1. The Hall–Kier alpha value is -3.09. The summed E-state index contributed by atoms with van der Waals surface area (Å²) in [5.74, 6) is 0.567. The van der Waals surface area contributed by atoms with Crippen molar-refractivity contribution in [2.75, 3.05) is 43.4 Å². The average molecular weight is 419 g/mol. The van der Waals surface area contributed by atoms with Crippen molar-refractivity contribution in [1.29, 1.82) is 0 Å². The van der Waals surface area contributed by atoms with Crippen LogP contribution in [0.4, 0.5) is 17.3 Å². The number of hydrogen-bond acceptors (Lipinski definition) is 5. The molecule has 30 heavy (non-hydrogen) atoms. The van der Waals surface area contributed by atoms with E-state index in [1.54, 1.807) is 0 Å². The molecule has 0 atom stereocenters. The SMILES string of the molecule is CN1CCN(c2ccc(Nc3nc4cccc(-c5cccc(Cl)c5)n4n3)cc2)CC1. The molecule has 0 saturated carbocycles. The van der Waals surface area contributed by atoms with Gasteiger partial charge in [-0.15, -0.1) is 5.10 Å². The first kappa shape index (κ1) is 18.9. The minimum atomic E-state index is 0.567. The highest BCUT2D eigenvalue weighted by atomic mass is 35.5. The van der Waals surface area contributed by atoms with Gasteiger partial charge in [0.1, 0.15) is 0 Å². The molecule has 2 aromatic heterocycles. The molecular formula is C23H23ClN6. The Morgan fingerprint density at radius 1 is 0.900 bits per heavy atom. The second-order valence-corrected chi connectivity index (χ2v) is 8.03. The van der Waals surface area contributed by atoms with Crippen molar-refractivity contribution in [2.45, 2.75) is 0 Å². The maximum atomic E-state index is 6.17. The Morgan fingerprint density at radius 2 is 1.67 bits per heavy atom. The van der Waals surface area contributed by atoms with Crippen LogP contribution >= 0.6 is 11.6 Å². The minimum absolute atomic E-state index is 0.567. The molecule has 0 spiro atoms. The summed E-state index contributed by atoms with van der Waals surface area (Å²) in [7, 11) is 2.17. The predicted molar refractivity (Wildman–Crippen MR) is 123 cm³/mol. The summed E-state index contributed by atoms with van der Waals surface area (Å²) in [6, 6.07) is 22.2. The van der Waals surface area contributed by atoms with Crippen LogP contribution in [0.1, 0.15) is 0 Å². The van der Waals surface area contributed by atoms with Crippen LogP contribution in [0.5, 0.6) is 0 Å². The van der Waals surface area contributed by atoms with Gasteiger partial charge in [0.25, 0.3) is 0 Å². The molecule has 152 valence electrons. The summed E-state index contributed by atoms with van der Waals surface area (Å²) in [6.45, 7) is 4.31. The molecule has 2 aromatic carbocycles. The Balaban J connectivity index is 1.38. The topological polar surface area (TPSA) is 48.7 Å². The van der Waals surface area contributed by atoms with Crippen molar-refractivity contribution in [2.24, 2.45) is 0 Å². The molecule has 1 aliphatic heterocycles. The molecule has 0 radical (unpaired) electrons. The van der Waals surface area contributed by atoms with Crippen LogP contribution in [0.3, 0.4) is 0 Å². The monoisotopic (exact) mass is 418 g/mol. The van der Waals surface area contributed by atoms with Gasteiger partial charge in [0.05, 0.1) is 5.69 Å². The Labute approximate surface area is 180 Å². The van der Waals surface area contributed by atoms with Gasteiger partial charge in [0.2, 0.25) is 5.95 Å². The van der Waals surface area contributed by atoms with Gasteiger partial charge >= 0.3 is 0 Å². The number of rotatable bonds is 4. The van der Waals surface area contributed by atoms with Crippen LogP contribution in [0, 0.1) is 0 Å². The van der Waals surface area contributed by atoms with E-state index in [9.17, 15) is 0 Å². The standard InChI is InChI=1S/C23H23ClN6/c1-28-12-14-29(15-13-28)20-10-8-19(9-11-20)25-23-26-22-7-3-6-21(30(22)27-23)17-4-2-5-18(24)16-17/h2-11,16H,12-15H2,1H3,(H,25,27). The van der Waals surface area contributed by atoms with Crippen molar-refractivity contribution in [1.82, 2.24) is 19.5 Å². The molecule has 6 nitrogen and oxygen atoms in total. The van der Waals surface area contributed by atoms with Crippen LogP contribution in [0.2, 0.25) is 5.02 Å². The van der Waals surface area contributed by atoms with Crippen molar-refractivity contribution in [3.05, 3.63) is 71.8 Å². The molecule has 7 heteroatoms. The number of aromatic nitrogens is 3. The third-order valence-electron chi connectivity index (χ3n) is 5.47. The Kier molecular flexibility index (Phi) is 5.02. The number of piperazine rings is 1. The molecular weight excluding hydrogens is 396 g/mol. The quantitative estimate of drug-likeness (QED) is 0.527.